The molecule has 0 spiro atoms. The van der Waals surface area contributed by atoms with Crippen molar-refractivity contribution in [2.45, 2.75) is 16.9 Å². The quantitative estimate of drug-likeness (QED) is 0.470. The van der Waals surface area contributed by atoms with Gasteiger partial charge in [0.2, 0.25) is 0 Å². The Morgan fingerprint density at radius 2 is 2.12 bits per heavy atom. The van der Waals surface area contributed by atoms with E-state index in [0.717, 1.165) is 27.9 Å². The predicted molar refractivity (Wildman–Crippen MR) is 107 cm³/mol. The molecule has 130 valence electrons. The summed E-state index contributed by atoms with van der Waals surface area (Å²) in [5, 5.41) is 4.83. The topological polar surface area (TPSA) is 54.9 Å². The smallest absolute Gasteiger partial charge is 0.183 e. The minimum atomic E-state index is 0.479. The number of aromatic nitrogens is 2. The van der Waals surface area contributed by atoms with Gasteiger partial charge in [-0.05, 0) is 36.8 Å². The van der Waals surface area contributed by atoms with Gasteiger partial charge in [0.05, 0.1) is 9.90 Å². The number of pyridine rings is 1. The fourth-order valence-corrected chi connectivity index (χ4v) is 4.09. The van der Waals surface area contributed by atoms with Crippen molar-refractivity contribution in [1.82, 2.24) is 9.97 Å². The zero-order valence-electron chi connectivity index (χ0n) is 13.9. The molecular weight excluding hydrogens is 374 g/mol. The third-order valence-corrected chi connectivity index (χ3v) is 5.88. The van der Waals surface area contributed by atoms with E-state index in [-0.39, 0.29) is 0 Å². The number of halogens is 1. The Kier molecular flexibility index (Phi) is 7.91. The van der Waals surface area contributed by atoms with Crippen molar-refractivity contribution >= 4 is 46.1 Å². The van der Waals surface area contributed by atoms with E-state index >= 15 is 0 Å². The summed E-state index contributed by atoms with van der Waals surface area (Å²) >= 11 is 9.45. The third kappa shape index (κ3) is 6.49. The van der Waals surface area contributed by atoms with Crippen molar-refractivity contribution in [3.05, 3.63) is 70.6 Å². The summed E-state index contributed by atoms with van der Waals surface area (Å²) in [5.74, 6) is 0.923. The van der Waals surface area contributed by atoms with Gasteiger partial charge in [-0.1, -0.05) is 41.1 Å². The molecule has 0 amide bonds. The second-order valence-corrected chi connectivity index (χ2v) is 7.61. The maximum atomic E-state index is 9.94. The molecule has 0 fully saturated rings. The van der Waals surface area contributed by atoms with E-state index in [0.29, 0.717) is 5.69 Å². The van der Waals surface area contributed by atoms with Crippen molar-refractivity contribution in [1.29, 1.82) is 0 Å². The number of carbonyl (C=O) groups is 1. The first-order valence-corrected chi connectivity index (χ1v) is 9.69. The number of nitrogens with zero attached hydrogens (tertiary/aromatic N) is 2. The predicted octanol–water partition coefficient (Wildman–Crippen LogP) is 5.33. The number of hydrogen-bond acceptors (Lipinski definition) is 6. The van der Waals surface area contributed by atoms with Crippen LogP contribution in [0.5, 0.6) is 0 Å². The maximum absolute atomic E-state index is 9.94. The molecule has 4 nitrogen and oxygen atoms in total. The molecule has 7 heteroatoms. The molecule has 2 heterocycles. The zero-order chi connectivity index (χ0) is 18.1. The second-order valence-electron chi connectivity index (χ2n) is 4.93. The minimum Gasteiger partial charge on any atom is -0.365 e. The Balaban J connectivity index is 0.000000236. The van der Waals surface area contributed by atoms with E-state index in [9.17, 15) is 4.79 Å². The van der Waals surface area contributed by atoms with Gasteiger partial charge in [0.25, 0.3) is 0 Å². The van der Waals surface area contributed by atoms with Crippen molar-refractivity contribution in [3.63, 3.8) is 0 Å². The Bertz CT molecular complexity index is 809. The van der Waals surface area contributed by atoms with Crippen LogP contribution in [0.15, 0.2) is 52.9 Å². The molecule has 3 rings (SSSR count). The highest BCUT2D eigenvalue weighted by molar-refractivity contribution is 8.00. The summed E-state index contributed by atoms with van der Waals surface area (Å²) in [7, 11) is 1.89. The lowest BCUT2D eigenvalue weighted by molar-refractivity contribution is 0.111. The molecule has 1 N–H and O–H groups in total. The third-order valence-electron chi connectivity index (χ3n) is 3.04. The van der Waals surface area contributed by atoms with E-state index in [1.165, 1.54) is 9.77 Å². The van der Waals surface area contributed by atoms with E-state index in [1.807, 2.05) is 32.2 Å². The van der Waals surface area contributed by atoms with Crippen molar-refractivity contribution in [3.8, 4) is 0 Å². The number of rotatable bonds is 5. The number of aryl methyl sites for hydroxylation is 1. The summed E-state index contributed by atoms with van der Waals surface area (Å²) in [6, 6.07) is 13.2. The van der Waals surface area contributed by atoms with Crippen LogP contribution in [0.1, 0.15) is 21.7 Å². The Morgan fingerprint density at radius 3 is 2.68 bits per heavy atom. The van der Waals surface area contributed by atoms with Gasteiger partial charge in [-0.15, -0.1) is 11.8 Å². The molecule has 25 heavy (non-hydrogen) atoms. The van der Waals surface area contributed by atoms with Gasteiger partial charge in [0.1, 0.15) is 5.69 Å². The Labute approximate surface area is 160 Å². The number of thioether (sulfide) groups is 1. The summed E-state index contributed by atoms with van der Waals surface area (Å²) in [5.41, 5.74) is 2.81. The van der Waals surface area contributed by atoms with Gasteiger partial charge in [-0.3, -0.25) is 9.78 Å². The lowest BCUT2D eigenvalue weighted by atomic mass is 10.2. The number of aldehydes is 1. The Morgan fingerprint density at radius 1 is 1.28 bits per heavy atom. The molecule has 0 aliphatic rings. The highest BCUT2D eigenvalue weighted by Gasteiger charge is 2.07. The van der Waals surface area contributed by atoms with E-state index in [4.69, 9.17) is 11.6 Å². The van der Waals surface area contributed by atoms with Crippen molar-refractivity contribution < 1.29 is 4.79 Å². The first kappa shape index (κ1) is 19.4. The van der Waals surface area contributed by atoms with E-state index < -0.39 is 0 Å². The lowest BCUT2D eigenvalue weighted by Crippen LogP contribution is -1.84. The molecule has 2 aromatic heterocycles. The highest BCUT2D eigenvalue weighted by Crippen LogP contribution is 2.34. The largest absolute Gasteiger partial charge is 0.365 e. The number of benzene rings is 1. The number of thiazole rings is 1. The van der Waals surface area contributed by atoms with Gasteiger partial charge >= 0.3 is 0 Å². The lowest BCUT2D eigenvalue weighted by Gasteiger charge is -2.00. The second kappa shape index (κ2) is 10.2. The van der Waals surface area contributed by atoms with Crippen LogP contribution in [-0.4, -0.2) is 23.3 Å². The normalized spacial score (nSPS) is 9.88. The molecule has 3 aromatic rings. The molecule has 0 radical (unpaired) electrons. The summed E-state index contributed by atoms with van der Waals surface area (Å²) in [6.45, 7) is 2.04. The van der Waals surface area contributed by atoms with Crippen molar-refractivity contribution in [2.75, 3.05) is 12.4 Å². The van der Waals surface area contributed by atoms with Crippen molar-refractivity contribution in [2.24, 2.45) is 0 Å². The monoisotopic (exact) mass is 391 g/mol. The van der Waals surface area contributed by atoms with Crippen LogP contribution < -0.4 is 5.32 Å². The summed E-state index contributed by atoms with van der Waals surface area (Å²) in [6.07, 6.45) is 2.31. The fraction of sp³-hybridized carbons (Fsp3) is 0.167. The molecule has 0 aliphatic carbocycles. The van der Waals surface area contributed by atoms with Crippen LogP contribution in [0.3, 0.4) is 0 Å². The van der Waals surface area contributed by atoms with Gasteiger partial charge in [0, 0.05) is 24.0 Å². The van der Waals surface area contributed by atoms with E-state index in [2.05, 4.69) is 21.4 Å². The average molecular weight is 392 g/mol. The number of anilines is 1. The Hall–Kier alpha value is -1.89. The molecule has 0 aliphatic heterocycles. The average Bonchev–Trinajstić information content (AvgIpc) is 3.01. The maximum Gasteiger partial charge on any atom is 0.183 e. The minimum absolute atomic E-state index is 0.479. The summed E-state index contributed by atoms with van der Waals surface area (Å²) in [4.78, 5) is 18.1. The fourth-order valence-electron chi connectivity index (χ4n) is 1.84. The molecule has 0 saturated carbocycles. The van der Waals surface area contributed by atoms with Gasteiger partial charge < -0.3 is 5.32 Å². The number of hydrogen-bond donors (Lipinski definition) is 1. The first-order chi connectivity index (χ1) is 12.1. The molecule has 1 aromatic carbocycles. The van der Waals surface area contributed by atoms with Gasteiger partial charge in [-0.2, -0.15) is 0 Å². The number of carbonyl (C=O) groups excluding carboxylic acids is 1. The molecule has 0 unspecified atom stereocenters. The van der Waals surface area contributed by atoms with Crippen LogP contribution in [-0.2, 0) is 5.75 Å². The summed E-state index contributed by atoms with van der Waals surface area (Å²) < 4.78 is 1.26. The zero-order valence-corrected chi connectivity index (χ0v) is 16.3. The van der Waals surface area contributed by atoms with Crippen LogP contribution in [0.4, 0.5) is 5.13 Å². The SMILES string of the molecule is CNc1nc(C)c(SCc2cccc(Cl)c2)s1.O=Cc1ccccn1. The van der Waals surface area contributed by atoms with Crippen LogP contribution in [0.25, 0.3) is 0 Å². The highest BCUT2D eigenvalue weighted by atomic mass is 35.5. The number of nitrogens with one attached hydrogen (secondary N) is 1. The molecule has 0 atom stereocenters. The van der Waals surface area contributed by atoms with Crippen LogP contribution >= 0.6 is 34.7 Å². The van der Waals surface area contributed by atoms with Crippen LogP contribution in [0, 0.1) is 6.92 Å². The standard InChI is InChI=1S/C12H13ClN2S2.C6H5NO/c1-8-11(17-12(14-2)15-8)16-7-9-4-3-5-10(13)6-9;8-5-6-3-1-2-4-7-6/h3-6H,7H2,1-2H3,(H,14,15);1-5H. The molecule has 0 bridgehead atoms. The van der Waals surface area contributed by atoms with Crippen LogP contribution in [0.2, 0.25) is 5.02 Å². The van der Waals surface area contributed by atoms with Gasteiger partial charge in [0.15, 0.2) is 11.4 Å². The van der Waals surface area contributed by atoms with Gasteiger partial charge in [-0.25, -0.2) is 4.98 Å². The van der Waals surface area contributed by atoms with E-state index in [1.54, 1.807) is 47.5 Å². The first-order valence-electron chi connectivity index (χ1n) is 7.51. The molecule has 0 saturated heterocycles. The molecular formula is C18H18ClN3OS2.